The minimum Gasteiger partial charge on any atom is -0.322 e. The molecule has 0 saturated carbocycles. The van der Waals surface area contributed by atoms with E-state index in [0.717, 1.165) is 12.3 Å². The zero-order valence-corrected chi connectivity index (χ0v) is 16.2. The number of carbonyl (C=O) groups excluding carboxylic acids is 2. The average molecular weight is 430 g/mol. The number of alkyl halides is 3. The summed E-state index contributed by atoms with van der Waals surface area (Å²) in [6.45, 7) is 1.39. The number of carbonyl (C=O) groups is 2. The lowest BCUT2D eigenvalue weighted by molar-refractivity contribution is -0.142. The molecule has 6 nitrogen and oxygen atoms in total. The third-order valence-corrected chi connectivity index (χ3v) is 5.20. The first-order chi connectivity index (χ1) is 14.2. The average Bonchev–Trinajstić information content (AvgIpc) is 3.36. The van der Waals surface area contributed by atoms with Gasteiger partial charge in [-0.3, -0.25) is 9.59 Å². The number of nitrogens with one attached hydrogen (secondary N) is 1. The Bertz CT molecular complexity index is 1260. The Morgan fingerprint density at radius 2 is 1.93 bits per heavy atom. The number of amides is 1. The van der Waals surface area contributed by atoms with Gasteiger partial charge in [0.05, 0.1) is 16.8 Å². The van der Waals surface area contributed by atoms with Crippen LogP contribution in [0.2, 0.25) is 0 Å². The predicted octanol–water partition coefficient (Wildman–Crippen LogP) is 4.93. The van der Waals surface area contributed by atoms with Gasteiger partial charge < -0.3 is 5.32 Å². The van der Waals surface area contributed by atoms with Crippen LogP contribution in [-0.2, 0) is 6.18 Å². The summed E-state index contributed by atoms with van der Waals surface area (Å²) in [6, 6.07) is 10.5. The van der Waals surface area contributed by atoms with Crippen LogP contribution < -0.4 is 5.32 Å². The second kappa shape index (κ2) is 7.38. The van der Waals surface area contributed by atoms with Gasteiger partial charge in [-0.05, 0) is 36.6 Å². The molecule has 30 heavy (non-hydrogen) atoms. The van der Waals surface area contributed by atoms with E-state index in [0.29, 0.717) is 20.6 Å². The number of thiophene rings is 1. The first-order valence-corrected chi connectivity index (χ1v) is 9.54. The van der Waals surface area contributed by atoms with Crippen LogP contribution in [0.4, 0.5) is 18.9 Å². The van der Waals surface area contributed by atoms with Crippen molar-refractivity contribution in [1.29, 1.82) is 0 Å². The van der Waals surface area contributed by atoms with Crippen molar-refractivity contribution in [3.63, 3.8) is 0 Å². The van der Waals surface area contributed by atoms with E-state index in [4.69, 9.17) is 0 Å². The molecule has 4 rings (SSSR count). The predicted molar refractivity (Wildman–Crippen MR) is 106 cm³/mol. The summed E-state index contributed by atoms with van der Waals surface area (Å²) in [4.78, 5) is 29.1. The standard InChI is InChI=1S/C20H13F3N4O2S/c1-11(28)12-4-2-5-13(8-12)25-19(29)14-10-24-27-17(20(21,22)23)9-15(26-18(14)27)16-6-3-7-30-16/h2-10H,1H3,(H,25,29). The quantitative estimate of drug-likeness (QED) is 0.466. The molecule has 10 heteroatoms. The van der Waals surface area contributed by atoms with Crippen molar-refractivity contribution >= 4 is 34.4 Å². The van der Waals surface area contributed by atoms with Gasteiger partial charge in [-0.25, -0.2) is 9.50 Å². The van der Waals surface area contributed by atoms with Gasteiger partial charge in [0.25, 0.3) is 5.91 Å². The highest BCUT2D eigenvalue weighted by Crippen LogP contribution is 2.34. The Balaban J connectivity index is 1.80. The summed E-state index contributed by atoms with van der Waals surface area (Å²) in [6.07, 6.45) is -3.65. The Morgan fingerprint density at radius 1 is 1.13 bits per heavy atom. The van der Waals surface area contributed by atoms with Crippen LogP contribution in [0.25, 0.3) is 16.2 Å². The molecule has 3 heterocycles. The smallest absolute Gasteiger partial charge is 0.322 e. The fourth-order valence-electron chi connectivity index (χ4n) is 2.89. The van der Waals surface area contributed by atoms with E-state index in [-0.39, 0.29) is 22.7 Å². The van der Waals surface area contributed by atoms with Crippen molar-refractivity contribution in [2.45, 2.75) is 13.1 Å². The van der Waals surface area contributed by atoms with Gasteiger partial charge >= 0.3 is 6.18 Å². The van der Waals surface area contributed by atoms with E-state index in [1.165, 1.54) is 24.3 Å². The molecule has 3 aromatic heterocycles. The lowest BCUT2D eigenvalue weighted by Gasteiger charge is -2.11. The molecule has 152 valence electrons. The second-order valence-electron chi connectivity index (χ2n) is 6.39. The third-order valence-electron chi connectivity index (χ3n) is 4.31. The van der Waals surface area contributed by atoms with E-state index in [1.54, 1.807) is 35.7 Å². The summed E-state index contributed by atoms with van der Waals surface area (Å²) in [5.41, 5.74) is -0.547. The molecule has 0 fully saturated rings. The maximum Gasteiger partial charge on any atom is 0.433 e. The van der Waals surface area contributed by atoms with Gasteiger partial charge in [-0.1, -0.05) is 18.2 Å². The topological polar surface area (TPSA) is 76.4 Å². The summed E-state index contributed by atoms with van der Waals surface area (Å²) in [5, 5.41) is 8.04. The van der Waals surface area contributed by atoms with Crippen LogP contribution in [0, 0.1) is 0 Å². The highest BCUT2D eigenvalue weighted by Gasteiger charge is 2.36. The molecule has 0 bridgehead atoms. The molecule has 1 amide bonds. The Labute approximate surface area is 172 Å². The molecule has 0 atom stereocenters. The summed E-state index contributed by atoms with van der Waals surface area (Å²) >= 11 is 1.24. The van der Waals surface area contributed by atoms with Gasteiger partial charge in [-0.15, -0.1) is 11.3 Å². The van der Waals surface area contributed by atoms with Gasteiger partial charge in [0.2, 0.25) is 0 Å². The zero-order chi connectivity index (χ0) is 21.5. The molecular weight excluding hydrogens is 417 g/mol. The fourth-order valence-corrected chi connectivity index (χ4v) is 3.58. The molecule has 0 unspecified atom stereocenters. The SMILES string of the molecule is CC(=O)c1cccc(NC(=O)c2cnn3c(C(F)(F)F)cc(-c4cccs4)nc23)c1. The van der Waals surface area contributed by atoms with E-state index in [9.17, 15) is 22.8 Å². The van der Waals surface area contributed by atoms with E-state index < -0.39 is 17.8 Å². The number of rotatable bonds is 4. The molecule has 0 aliphatic heterocycles. The molecule has 4 aromatic rings. The minimum absolute atomic E-state index is 0.0953. The number of hydrogen-bond donors (Lipinski definition) is 1. The van der Waals surface area contributed by atoms with Crippen molar-refractivity contribution in [3.8, 4) is 10.6 Å². The molecule has 1 aromatic carbocycles. The number of halogens is 3. The molecule has 0 aliphatic rings. The normalized spacial score (nSPS) is 11.6. The molecular formula is C20H13F3N4O2S. The number of aromatic nitrogens is 3. The van der Waals surface area contributed by atoms with Crippen LogP contribution in [-0.4, -0.2) is 26.3 Å². The summed E-state index contributed by atoms with van der Waals surface area (Å²) in [5.74, 6) is -0.867. The van der Waals surface area contributed by atoms with Gasteiger partial charge in [0, 0.05) is 11.3 Å². The van der Waals surface area contributed by atoms with Crippen LogP contribution in [0.15, 0.2) is 54.0 Å². The monoisotopic (exact) mass is 430 g/mol. The number of hydrogen-bond acceptors (Lipinski definition) is 5. The number of anilines is 1. The van der Waals surface area contributed by atoms with Crippen molar-refractivity contribution in [1.82, 2.24) is 14.6 Å². The molecule has 1 N–H and O–H groups in total. The first kappa shape index (κ1) is 19.8. The summed E-state index contributed by atoms with van der Waals surface area (Å²) in [7, 11) is 0. The Morgan fingerprint density at radius 3 is 2.60 bits per heavy atom. The highest BCUT2D eigenvalue weighted by molar-refractivity contribution is 7.13. The number of fused-ring (bicyclic) bond motifs is 1. The third kappa shape index (κ3) is 3.69. The second-order valence-corrected chi connectivity index (χ2v) is 7.33. The number of ketones is 1. The van der Waals surface area contributed by atoms with Gasteiger partial charge in [0.1, 0.15) is 5.56 Å². The molecule has 0 aliphatic carbocycles. The van der Waals surface area contributed by atoms with E-state index >= 15 is 0 Å². The number of benzene rings is 1. The van der Waals surface area contributed by atoms with Crippen LogP contribution >= 0.6 is 11.3 Å². The Hall–Kier alpha value is -3.53. The van der Waals surface area contributed by atoms with E-state index in [1.807, 2.05) is 0 Å². The highest BCUT2D eigenvalue weighted by atomic mass is 32.1. The van der Waals surface area contributed by atoms with E-state index in [2.05, 4.69) is 15.4 Å². The fraction of sp³-hybridized carbons (Fsp3) is 0.100. The van der Waals surface area contributed by atoms with Crippen molar-refractivity contribution in [2.24, 2.45) is 0 Å². The van der Waals surface area contributed by atoms with Gasteiger partial charge in [0.15, 0.2) is 17.1 Å². The lowest BCUT2D eigenvalue weighted by atomic mass is 10.1. The van der Waals surface area contributed by atoms with Gasteiger partial charge in [-0.2, -0.15) is 18.3 Å². The number of nitrogens with zero attached hydrogens (tertiary/aromatic N) is 3. The minimum atomic E-state index is -4.69. The molecule has 0 radical (unpaired) electrons. The van der Waals surface area contributed by atoms with Crippen LogP contribution in [0.5, 0.6) is 0 Å². The van der Waals surface area contributed by atoms with Crippen LogP contribution in [0.1, 0.15) is 33.3 Å². The van der Waals surface area contributed by atoms with Crippen LogP contribution in [0.3, 0.4) is 0 Å². The molecule has 0 spiro atoms. The molecule has 0 saturated heterocycles. The lowest BCUT2D eigenvalue weighted by Crippen LogP contribution is -2.15. The zero-order valence-electron chi connectivity index (χ0n) is 15.4. The first-order valence-electron chi connectivity index (χ1n) is 8.66. The van der Waals surface area contributed by atoms with Crippen molar-refractivity contribution in [3.05, 3.63) is 70.9 Å². The largest absolute Gasteiger partial charge is 0.433 e. The number of Topliss-reactive ketones (excluding diaryl/α,β-unsaturated/α-hetero) is 1. The van der Waals surface area contributed by atoms with Crippen molar-refractivity contribution < 1.29 is 22.8 Å². The van der Waals surface area contributed by atoms with Crippen molar-refractivity contribution in [2.75, 3.05) is 5.32 Å². The Kier molecular flexibility index (Phi) is 4.86. The summed E-state index contributed by atoms with van der Waals surface area (Å²) < 4.78 is 41.4. The maximum atomic E-state index is 13.6. The maximum absolute atomic E-state index is 13.6.